The van der Waals surface area contributed by atoms with E-state index in [0.29, 0.717) is 6.04 Å². The van der Waals surface area contributed by atoms with E-state index in [2.05, 4.69) is 46.4 Å². The van der Waals surface area contributed by atoms with Crippen LogP contribution in [0.5, 0.6) is 0 Å². The summed E-state index contributed by atoms with van der Waals surface area (Å²) in [6.45, 7) is 4.52. The van der Waals surface area contributed by atoms with Crippen molar-refractivity contribution in [2.75, 3.05) is 33.2 Å². The second-order valence-electron chi connectivity index (χ2n) is 8.63. The first kappa shape index (κ1) is 20.1. The third kappa shape index (κ3) is 5.06. The van der Waals surface area contributed by atoms with Crippen LogP contribution in [-0.4, -0.2) is 61.0 Å². The van der Waals surface area contributed by atoms with Gasteiger partial charge in [-0.1, -0.05) is 60.7 Å². The molecule has 1 N–H and O–H groups in total. The van der Waals surface area contributed by atoms with Crippen LogP contribution < -0.4 is 5.32 Å². The van der Waals surface area contributed by atoms with Crippen LogP contribution in [-0.2, 0) is 4.79 Å². The molecule has 0 saturated carbocycles. The number of nitrogens with one attached hydrogen (secondary N) is 1. The van der Waals surface area contributed by atoms with Crippen LogP contribution in [0.15, 0.2) is 60.7 Å². The second-order valence-corrected chi connectivity index (χ2v) is 8.63. The minimum Gasteiger partial charge on any atom is -0.351 e. The van der Waals surface area contributed by atoms with Crippen LogP contribution in [0.3, 0.4) is 0 Å². The van der Waals surface area contributed by atoms with Gasteiger partial charge in [0.15, 0.2) is 0 Å². The molecule has 0 bridgehead atoms. The first-order chi connectivity index (χ1) is 14.2. The average Bonchev–Trinajstić information content (AvgIpc) is 2.76. The lowest BCUT2D eigenvalue weighted by molar-refractivity contribution is -0.122. The van der Waals surface area contributed by atoms with Crippen LogP contribution in [0, 0.1) is 0 Å². The number of nitrogens with zero attached hydrogens (tertiary/aromatic N) is 2. The number of benzene rings is 2. The minimum atomic E-state index is -0.254. The number of hydrogen-bond donors (Lipinski definition) is 1. The van der Waals surface area contributed by atoms with E-state index in [1.54, 1.807) is 0 Å². The molecular formula is C25H33N3O. The molecule has 154 valence electrons. The van der Waals surface area contributed by atoms with Crippen LogP contribution >= 0.6 is 0 Å². The summed E-state index contributed by atoms with van der Waals surface area (Å²) in [6.07, 6.45) is 4.73. The van der Waals surface area contributed by atoms with Crippen molar-refractivity contribution in [1.82, 2.24) is 15.1 Å². The zero-order valence-corrected chi connectivity index (χ0v) is 17.5. The second kappa shape index (κ2) is 9.55. The van der Waals surface area contributed by atoms with Crippen LogP contribution in [0.4, 0.5) is 0 Å². The van der Waals surface area contributed by atoms with E-state index in [1.807, 2.05) is 36.4 Å². The summed E-state index contributed by atoms with van der Waals surface area (Å²) in [4.78, 5) is 18.4. The lowest BCUT2D eigenvalue weighted by Crippen LogP contribution is -2.53. The summed E-state index contributed by atoms with van der Waals surface area (Å²) in [7, 11) is 2.21. The maximum atomic E-state index is 13.4. The zero-order valence-electron chi connectivity index (χ0n) is 17.5. The lowest BCUT2D eigenvalue weighted by Gasteiger charge is -2.42. The molecule has 4 heteroatoms. The van der Waals surface area contributed by atoms with Gasteiger partial charge in [0.1, 0.15) is 0 Å². The van der Waals surface area contributed by atoms with E-state index in [0.717, 1.165) is 24.1 Å². The lowest BCUT2D eigenvalue weighted by atomic mass is 9.90. The van der Waals surface area contributed by atoms with Crippen molar-refractivity contribution in [3.8, 4) is 0 Å². The van der Waals surface area contributed by atoms with Gasteiger partial charge in [0, 0.05) is 18.6 Å². The van der Waals surface area contributed by atoms with Gasteiger partial charge >= 0.3 is 0 Å². The SMILES string of the molecule is CN1CCC(N2CCC[C@@H](NC(=O)C(c3ccccc3)c3ccccc3)C2)CC1. The highest BCUT2D eigenvalue weighted by Gasteiger charge is 2.30. The zero-order chi connectivity index (χ0) is 20.1. The highest BCUT2D eigenvalue weighted by molar-refractivity contribution is 5.87. The smallest absolute Gasteiger partial charge is 0.232 e. The Morgan fingerprint density at radius 1 is 0.897 bits per heavy atom. The summed E-state index contributed by atoms with van der Waals surface area (Å²) in [5.41, 5.74) is 2.11. The van der Waals surface area contributed by atoms with E-state index in [9.17, 15) is 4.79 Å². The molecule has 0 aliphatic carbocycles. The van der Waals surface area contributed by atoms with Crippen LogP contribution in [0.1, 0.15) is 42.7 Å². The van der Waals surface area contributed by atoms with Crippen LogP contribution in [0.25, 0.3) is 0 Å². The highest BCUT2D eigenvalue weighted by Crippen LogP contribution is 2.26. The van der Waals surface area contributed by atoms with Crippen molar-refractivity contribution < 1.29 is 4.79 Å². The molecular weight excluding hydrogens is 358 g/mol. The van der Waals surface area contributed by atoms with Gasteiger partial charge in [0.2, 0.25) is 5.91 Å². The quantitative estimate of drug-likeness (QED) is 0.847. The molecule has 0 aromatic heterocycles. The Morgan fingerprint density at radius 2 is 1.48 bits per heavy atom. The van der Waals surface area contributed by atoms with Gasteiger partial charge in [0.25, 0.3) is 0 Å². The van der Waals surface area contributed by atoms with E-state index in [1.165, 1.54) is 38.9 Å². The molecule has 0 unspecified atom stereocenters. The summed E-state index contributed by atoms with van der Waals surface area (Å²) in [5, 5.41) is 3.40. The van der Waals surface area contributed by atoms with E-state index in [4.69, 9.17) is 0 Å². The molecule has 1 amide bonds. The topological polar surface area (TPSA) is 35.6 Å². The van der Waals surface area contributed by atoms with Crippen LogP contribution in [0.2, 0.25) is 0 Å². The van der Waals surface area contributed by atoms with Gasteiger partial charge in [-0.15, -0.1) is 0 Å². The Hall–Kier alpha value is -2.17. The van der Waals surface area contributed by atoms with Crippen molar-refractivity contribution in [2.24, 2.45) is 0 Å². The third-order valence-corrected chi connectivity index (χ3v) is 6.53. The molecule has 0 radical (unpaired) electrons. The van der Waals surface area contributed by atoms with Gasteiger partial charge in [-0.05, 0) is 63.5 Å². The molecule has 0 spiro atoms. The number of amides is 1. The van der Waals surface area contributed by atoms with Crippen molar-refractivity contribution in [3.05, 3.63) is 71.8 Å². The van der Waals surface area contributed by atoms with Gasteiger partial charge in [0.05, 0.1) is 5.92 Å². The van der Waals surface area contributed by atoms with Crippen molar-refractivity contribution in [2.45, 2.75) is 43.7 Å². The average molecular weight is 392 g/mol. The fourth-order valence-corrected chi connectivity index (χ4v) is 4.89. The molecule has 2 aromatic rings. The largest absolute Gasteiger partial charge is 0.351 e. The predicted molar refractivity (Wildman–Crippen MR) is 118 cm³/mol. The molecule has 1 atom stereocenters. The summed E-state index contributed by atoms with van der Waals surface area (Å²) >= 11 is 0. The summed E-state index contributed by atoms with van der Waals surface area (Å²) in [6, 6.07) is 21.2. The maximum Gasteiger partial charge on any atom is 0.232 e. The molecule has 29 heavy (non-hydrogen) atoms. The van der Waals surface area contributed by atoms with Crippen molar-refractivity contribution >= 4 is 5.91 Å². The van der Waals surface area contributed by atoms with E-state index in [-0.39, 0.29) is 17.9 Å². The fourth-order valence-electron chi connectivity index (χ4n) is 4.89. The van der Waals surface area contributed by atoms with Gasteiger partial charge in [-0.3, -0.25) is 9.69 Å². The molecule has 2 heterocycles. The maximum absolute atomic E-state index is 13.4. The van der Waals surface area contributed by atoms with Gasteiger partial charge < -0.3 is 10.2 Å². The van der Waals surface area contributed by atoms with Gasteiger partial charge in [-0.2, -0.15) is 0 Å². The summed E-state index contributed by atoms with van der Waals surface area (Å²) in [5.74, 6) is -0.131. The Labute approximate surface area is 174 Å². The highest BCUT2D eigenvalue weighted by atomic mass is 16.2. The molecule has 4 nitrogen and oxygen atoms in total. The van der Waals surface area contributed by atoms with Crippen molar-refractivity contribution in [1.29, 1.82) is 0 Å². The first-order valence-electron chi connectivity index (χ1n) is 11.0. The third-order valence-electron chi connectivity index (χ3n) is 6.53. The minimum absolute atomic E-state index is 0.123. The monoisotopic (exact) mass is 391 g/mol. The van der Waals surface area contributed by atoms with E-state index < -0.39 is 0 Å². The molecule has 2 fully saturated rings. The Balaban J connectivity index is 1.44. The number of rotatable bonds is 5. The van der Waals surface area contributed by atoms with Gasteiger partial charge in [-0.25, -0.2) is 0 Å². The Morgan fingerprint density at radius 3 is 2.07 bits per heavy atom. The Kier molecular flexibility index (Phi) is 6.63. The number of carbonyl (C=O) groups is 1. The molecule has 4 rings (SSSR count). The number of hydrogen-bond acceptors (Lipinski definition) is 3. The van der Waals surface area contributed by atoms with E-state index >= 15 is 0 Å². The molecule has 2 aromatic carbocycles. The molecule has 2 aliphatic rings. The first-order valence-corrected chi connectivity index (χ1v) is 11.0. The van der Waals surface area contributed by atoms with Crippen molar-refractivity contribution in [3.63, 3.8) is 0 Å². The predicted octanol–water partition coefficient (Wildman–Crippen LogP) is 3.49. The molecule has 2 saturated heterocycles. The number of carbonyl (C=O) groups excluding carboxylic acids is 1. The Bertz CT molecular complexity index is 732. The summed E-state index contributed by atoms with van der Waals surface area (Å²) < 4.78 is 0. The number of piperidine rings is 2. The normalized spacial score (nSPS) is 21.9. The fraction of sp³-hybridized carbons (Fsp3) is 0.480. The molecule has 2 aliphatic heterocycles. The number of likely N-dealkylation sites (tertiary alicyclic amines) is 2. The standard InChI is InChI=1S/C25H33N3O/c1-27-17-14-23(15-18-27)28-16-8-13-22(19-28)26-25(29)24(20-9-4-2-5-10-20)21-11-6-3-7-12-21/h2-7,9-12,22-24H,8,13-19H2,1H3,(H,26,29)/t22-/m1/s1.